The number of anilines is 1. The van der Waals surface area contributed by atoms with Crippen molar-refractivity contribution >= 4 is 21.7 Å². The Morgan fingerprint density at radius 1 is 1.29 bits per heavy atom. The molecule has 0 aromatic carbocycles. The highest BCUT2D eigenvalue weighted by molar-refractivity contribution is 9.10. The van der Waals surface area contributed by atoms with Crippen molar-refractivity contribution in [3.8, 4) is 0 Å². The number of nitrogens with one attached hydrogen (secondary N) is 1. The van der Waals surface area contributed by atoms with Crippen LogP contribution in [-0.4, -0.2) is 11.0 Å². The fourth-order valence-electron chi connectivity index (χ4n) is 2.60. The van der Waals surface area contributed by atoms with Crippen molar-refractivity contribution in [2.45, 2.75) is 46.1 Å². The maximum absolute atomic E-state index is 4.57. The van der Waals surface area contributed by atoms with Crippen molar-refractivity contribution in [3.63, 3.8) is 0 Å². The van der Waals surface area contributed by atoms with Crippen molar-refractivity contribution in [2.75, 3.05) is 5.32 Å². The third-order valence-electron chi connectivity index (χ3n) is 4.06. The summed E-state index contributed by atoms with van der Waals surface area (Å²) in [6.07, 6.45) is 3.97. The molecule has 0 amide bonds. The smallest absolute Gasteiger partial charge is 0.126 e. The fraction of sp³-hybridized carbons (Fsp3) is 0.643. The lowest BCUT2D eigenvalue weighted by atomic mass is 9.78. The number of nitrogens with zero attached hydrogens (tertiary/aromatic N) is 1. The van der Waals surface area contributed by atoms with Crippen molar-refractivity contribution in [3.05, 3.63) is 22.3 Å². The van der Waals surface area contributed by atoms with Crippen LogP contribution in [0.1, 0.15) is 38.8 Å². The van der Waals surface area contributed by atoms with Crippen LogP contribution < -0.4 is 5.32 Å². The molecule has 0 aliphatic heterocycles. The Balaban J connectivity index is 2.07. The van der Waals surface area contributed by atoms with Gasteiger partial charge in [0.2, 0.25) is 0 Å². The Morgan fingerprint density at radius 2 is 2.06 bits per heavy atom. The van der Waals surface area contributed by atoms with E-state index in [4.69, 9.17) is 0 Å². The van der Waals surface area contributed by atoms with Crippen molar-refractivity contribution in [1.29, 1.82) is 0 Å². The van der Waals surface area contributed by atoms with E-state index >= 15 is 0 Å². The molecule has 1 aromatic heterocycles. The molecule has 0 saturated heterocycles. The standard InChI is InChI=1S/C14H21BrN2/c1-9-5-4-6-13(10(9)2)17-14-8-7-12(15)11(3)16-14/h7-10,13H,4-6H2,1-3H3,(H,16,17). The molecule has 3 unspecified atom stereocenters. The van der Waals surface area contributed by atoms with Crippen LogP contribution in [-0.2, 0) is 0 Å². The van der Waals surface area contributed by atoms with Gasteiger partial charge in [0.05, 0.1) is 5.69 Å². The zero-order valence-electron chi connectivity index (χ0n) is 10.8. The SMILES string of the molecule is Cc1nc(NC2CCCC(C)C2C)ccc1Br. The molecule has 3 atom stereocenters. The number of aromatic nitrogens is 1. The summed E-state index contributed by atoms with van der Waals surface area (Å²) in [5, 5.41) is 3.60. The topological polar surface area (TPSA) is 24.9 Å². The summed E-state index contributed by atoms with van der Waals surface area (Å²) in [6, 6.07) is 4.71. The van der Waals surface area contributed by atoms with Crippen LogP contribution in [0, 0.1) is 18.8 Å². The Bertz CT molecular complexity index is 392. The highest BCUT2D eigenvalue weighted by Crippen LogP contribution is 2.31. The number of pyridine rings is 1. The first-order valence-corrected chi connectivity index (χ1v) is 7.27. The summed E-state index contributed by atoms with van der Waals surface area (Å²) in [4.78, 5) is 4.57. The lowest BCUT2D eigenvalue weighted by Gasteiger charge is -2.35. The van der Waals surface area contributed by atoms with E-state index in [1.807, 2.05) is 6.92 Å². The summed E-state index contributed by atoms with van der Waals surface area (Å²) >= 11 is 3.49. The van der Waals surface area contributed by atoms with E-state index in [1.54, 1.807) is 0 Å². The molecular formula is C14H21BrN2. The fourth-order valence-corrected chi connectivity index (χ4v) is 2.82. The maximum atomic E-state index is 4.57. The molecule has 1 N–H and O–H groups in total. The minimum Gasteiger partial charge on any atom is -0.367 e. The molecule has 1 aliphatic rings. The third-order valence-corrected chi connectivity index (χ3v) is 4.90. The Labute approximate surface area is 112 Å². The quantitative estimate of drug-likeness (QED) is 0.875. The molecule has 1 aliphatic carbocycles. The monoisotopic (exact) mass is 296 g/mol. The van der Waals surface area contributed by atoms with Gasteiger partial charge in [-0.1, -0.05) is 26.7 Å². The molecule has 1 fully saturated rings. The maximum Gasteiger partial charge on any atom is 0.126 e. The molecule has 0 spiro atoms. The van der Waals surface area contributed by atoms with E-state index in [2.05, 4.69) is 52.2 Å². The molecule has 1 heterocycles. The lowest BCUT2D eigenvalue weighted by molar-refractivity contribution is 0.253. The van der Waals surface area contributed by atoms with Crippen molar-refractivity contribution in [2.24, 2.45) is 11.8 Å². The van der Waals surface area contributed by atoms with Gasteiger partial charge in [0.1, 0.15) is 5.82 Å². The molecule has 3 heteroatoms. The molecule has 17 heavy (non-hydrogen) atoms. The first kappa shape index (κ1) is 12.9. The molecule has 0 radical (unpaired) electrons. The minimum atomic E-state index is 0.576. The van der Waals surface area contributed by atoms with E-state index in [1.165, 1.54) is 19.3 Å². The molecule has 1 aromatic rings. The zero-order valence-corrected chi connectivity index (χ0v) is 12.4. The molecule has 2 nitrogen and oxygen atoms in total. The lowest BCUT2D eigenvalue weighted by Crippen LogP contribution is -2.35. The average molecular weight is 297 g/mol. The summed E-state index contributed by atoms with van der Waals surface area (Å²) in [5.41, 5.74) is 1.05. The van der Waals surface area contributed by atoms with Crippen molar-refractivity contribution < 1.29 is 0 Å². The summed E-state index contributed by atoms with van der Waals surface area (Å²) < 4.78 is 1.08. The van der Waals surface area contributed by atoms with E-state index < -0.39 is 0 Å². The van der Waals surface area contributed by atoms with Crippen molar-refractivity contribution in [1.82, 2.24) is 4.98 Å². The second kappa shape index (κ2) is 5.38. The summed E-state index contributed by atoms with van der Waals surface area (Å²) in [6.45, 7) is 6.74. The van der Waals surface area contributed by atoms with E-state index in [0.29, 0.717) is 6.04 Å². The van der Waals surface area contributed by atoms with Crippen LogP contribution in [0.15, 0.2) is 16.6 Å². The van der Waals surface area contributed by atoms with Crippen LogP contribution >= 0.6 is 15.9 Å². The first-order chi connectivity index (χ1) is 8.08. The summed E-state index contributed by atoms with van der Waals surface area (Å²) in [7, 11) is 0. The van der Waals surface area contributed by atoms with Gasteiger partial charge in [-0.05, 0) is 53.2 Å². The molecule has 2 rings (SSSR count). The van der Waals surface area contributed by atoms with Gasteiger partial charge in [-0.25, -0.2) is 4.98 Å². The van der Waals surface area contributed by atoms with Gasteiger partial charge in [-0.3, -0.25) is 0 Å². The third kappa shape index (κ3) is 3.01. The molecule has 0 bridgehead atoms. The average Bonchev–Trinajstić information content (AvgIpc) is 2.30. The van der Waals surface area contributed by atoms with Crippen LogP contribution in [0.2, 0.25) is 0 Å². The van der Waals surface area contributed by atoms with Gasteiger partial charge >= 0.3 is 0 Å². The second-order valence-corrected chi connectivity index (χ2v) is 6.14. The summed E-state index contributed by atoms with van der Waals surface area (Å²) in [5.74, 6) is 2.56. The largest absolute Gasteiger partial charge is 0.367 e. The number of hydrogen-bond acceptors (Lipinski definition) is 2. The number of aryl methyl sites for hydroxylation is 1. The predicted molar refractivity (Wildman–Crippen MR) is 76.3 cm³/mol. The van der Waals surface area contributed by atoms with Gasteiger partial charge in [-0.2, -0.15) is 0 Å². The predicted octanol–water partition coefficient (Wildman–Crippen LogP) is 4.39. The minimum absolute atomic E-state index is 0.576. The van der Waals surface area contributed by atoms with Crippen LogP contribution in [0.4, 0.5) is 5.82 Å². The highest BCUT2D eigenvalue weighted by atomic mass is 79.9. The molecular weight excluding hydrogens is 276 g/mol. The molecule has 94 valence electrons. The van der Waals surface area contributed by atoms with Gasteiger partial charge in [0.15, 0.2) is 0 Å². The van der Waals surface area contributed by atoms with Crippen LogP contribution in [0.25, 0.3) is 0 Å². The second-order valence-electron chi connectivity index (χ2n) is 5.28. The zero-order chi connectivity index (χ0) is 12.4. The molecule has 1 saturated carbocycles. The van der Waals surface area contributed by atoms with Gasteiger partial charge in [-0.15, -0.1) is 0 Å². The van der Waals surface area contributed by atoms with Gasteiger partial charge in [0, 0.05) is 10.5 Å². The Morgan fingerprint density at radius 3 is 2.76 bits per heavy atom. The van der Waals surface area contributed by atoms with Crippen LogP contribution in [0.3, 0.4) is 0 Å². The Hall–Kier alpha value is -0.570. The number of rotatable bonds is 2. The van der Waals surface area contributed by atoms with E-state index in [-0.39, 0.29) is 0 Å². The number of hydrogen-bond donors (Lipinski definition) is 1. The van der Waals surface area contributed by atoms with E-state index in [0.717, 1.165) is 27.8 Å². The number of halogens is 1. The normalized spacial score (nSPS) is 29.1. The Kier molecular flexibility index (Phi) is 4.08. The van der Waals surface area contributed by atoms with Crippen LogP contribution in [0.5, 0.6) is 0 Å². The first-order valence-electron chi connectivity index (χ1n) is 6.47. The van der Waals surface area contributed by atoms with Gasteiger partial charge in [0.25, 0.3) is 0 Å². The van der Waals surface area contributed by atoms with Gasteiger partial charge < -0.3 is 5.32 Å². The highest BCUT2D eigenvalue weighted by Gasteiger charge is 2.27. The van der Waals surface area contributed by atoms with E-state index in [9.17, 15) is 0 Å².